The SMILES string of the molecule is O=C(COC(=O)[C@@H](O)c1ccccc1)Nc1ccccc1OC(F)F. The predicted octanol–water partition coefficient (Wildman–Crippen LogP) is 2.50. The van der Waals surface area contributed by atoms with Crippen LogP contribution in [0.5, 0.6) is 5.75 Å². The van der Waals surface area contributed by atoms with Gasteiger partial charge in [0.25, 0.3) is 5.91 Å². The van der Waals surface area contributed by atoms with Crippen molar-refractivity contribution in [2.45, 2.75) is 12.7 Å². The highest BCUT2D eigenvalue weighted by Gasteiger charge is 2.20. The molecule has 0 saturated heterocycles. The zero-order chi connectivity index (χ0) is 18.2. The Bertz CT molecular complexity index is 724. The predicted molar refractivity (Wildman–Crippen MR) is 84.1 cm³/mol. The number of rotatable bonds is 7. The lowest BCUT2D eigenvalue weighted by Gasteiger charge is -2.13. The summed E-state index contributed by atoms with van der Waals surface area (Å²) in [5, 5.41) is 12.1. The molecule has 0 radical (unpaired) electrons. The fourth-order valence-electron chi connectivity index (χ4n) is 1.94. The average molecular weight is 351 g/mol. The normalized spacial score (nSPS) is 11.7. The van der Waals surface area contributed by atoms with E-state index in [0.717, 1.165) is 0 Å². The molecule has 132 valence electrons. The molecule has 2 aromatic rings. The van der Waals surface area contributed by atoms with E-state index in [0.29, 0.717) is 5.56 Å². The van der Waals surface area contributed by atoms with Gasteiger partial charge in [-0.1, -0.05) is 42.5 Å². The molecule has 8 heteroatoms. The summed E-state index contributed by atoms with van der Waals surface area (Å²) in [7, 11) is 0. The van der Waals surface area contributed by atoms with E-state index in [9.17, 15) is 23.5 Å². The van der Waals surface area contributed by atoms with Gasteiger partial charge in [-0.15, -0.1) is 0 Å². The fraction of sp³-hybridized carbons (Fsp3) is 0.176. The Kier molecular flexibility index (Phi) is 6.41. The van der Waals surface area contributed by atoms with Crippen LogP contribution in [0.4, 0.5) is 14.5 Å². The molecule has 0 aliphatic carbocycles. The van der Waals surface area contributed by atoms with Gasteiger partial charge in [-0.25, -0.2) is 4.79 Å². The number of carbonyl (C=O) groups is 2. The summed E-state index contributed by atoms with van der Waals surface area (Å²) in [6.07, 6.45) is -1.52. The summed E-state index contributed by atoms with van der Waals surface area (Å²) in [5.74, 6) is -1.99. The van der Waals surface area contributed by atoms with Crippen LogP contribution in [0.1, 0.15) is 11.7 Å². The standard InChI is InChI=1S/C17H15F2NO5/c18-17(19)25-13-9-5-4-8-12(13)20-14(21)10-24-16(23)15(22)11-6-2-1-3-7-11/h1-9,15,17,22H,10H2,(H,20,21)/t15-/m0/s1. The lowest BCUT2D eigenvalue weighted by molar-refractivity contribution is -0.156. The monoisotopic (exact) mass is 351 g/mol. The van der Waals surface area contributed by atoms with Gasteiger partial charge in [0, 0.05) is 0 Å². The van der Waals surface area contributed by atoms with Crippen molar-refractivity contribution in [3.63, 3.8) is 0 Å². The van der Waals surface area contributed by atoms with E-state index in [1.807, 2.05) is 0 Å². The molecule has 0 aliphatic rings. The van der Waals surface area contributed by atoms with Gasteiger partial charge in [0.2, 0.25) is 0 Å². The first-order chi connectivity index (χ1) is 12.0. The van der Waals surface area contributed by atoms with Gasteiger partial charge < -0.3 is 19.9 Å². The minimum atomic E-state index is -3.04. The second-order valence-corrected chi connectivity index (χ2v) is 4.84. The molecule has 2 aromatic carbocycles. The molecule has 0 bridgehead atoms. The number of aliphatic hydroxyl groups excluding tert-OH is 1. The number of esters is 1. The number of benzene rings is 2. The molecular formula is C17H15F2NO5. The van der Waals surface area contributed by atoms with Crippen molar-refractivity contribution >= 4 is 17.6 Å². The van der Waals surface area contributed by atoms with Gasteiger partial charge in [0.15, 0.2) is 12.7 Å². The first kappa shape index (κ1) is 18.3. The van der Waals surface area contributed by atoms with Gasteiger partial charge in [-0.3, -0.25) is 4.79 Å². The van der Waals surface area contributed by atoms with Gasteiger partial charge in [0.05, 0.1) is 5.69 Å². The molecule has 1 atom stereocenters. The lowest BCUT2D eigenvalue weighted by Crippen LogP contribution is -2.24. The molecule has 25 heavy (non-hydrogen) atoms. The molecule has 0 aliphatic heterocycles. The van der Waals surface area contributed by atoms with Gasteiger partial charge in [0.1, 0.15) is 5.75 Å². The van der Waals surface area contributed by atoms with Crippen molar-refractivity contribution in [1.82, 2.24) is 0 Å². The Morgan fingerprint density at radius 2 is 1.68 bits per heavy atom. The number of nitrogens with one attached hydrogen (secondary N) is 1. The van der Waals surface area contributed by atoms with Crippen molar-refractivity contribution < 1.29 is 33.0 Å². The van der Waals surface area contributed by atoms with Gasteiger partial charge in [-0.05, 0) is 17.7 Å². The summed E-state index contributed by atoms with van der Waals surface area (Å²) in [5.41, 5.74) is 0.330. The zero-order valence-electron chi connectivity index (χ0n) is 12.9. The van der Waals surface area contributed by atoms with Gasteiger partial charge >= 0.3 is 12.6 Å². The van der Waals surface area contributed by atoms with Crippen LogP contribution in [-0.2, 0) is 14.3 Å². The summed E-state index contributed by atoms with van der Waals surface area (Å²) in [4.78, 5) is 23.5. The third-order valence-corrected chi connectivity index (χ3v) is 3.06. The maximum absolute atomic E-state index is 12.3. The molecule has 0 saturated carbocycles. The fourth-order valence-corrected chi connectivity index (χ4v) is 1.94. The Morgan fingerprint density at radius 1 is 1.04 bits per heavy atom. The third-order valence-electron chi connectivity index (χ3n) is 3.06. The van der Waals surface area contributed by atoms with E-state index >= 15 is 0 Å². The van der Waals surface area contributed by atoms with Crippen LogP contribution in [-0.4, -0.2) is 30.2 Å². The molecule has 0 spiro atoms. The van der Waals surface area contributed by atoms with Crippen LogP contribution < -0.4 is 10.1 Å². The second-order valence-electron chi connectivity index (χ2n) is 4.84. The number of ether oxygens (including phenoxy) is 2. The quantitative estimate of drug-likeness (QED) is 0.749. The molecule has 1 amide bonds. The van der Waals surface area contributed by atoms with Crippen LogP contribution in [0.3, 0.4) is 0 Å². The van der Waals surface area contributed by atoms with Gasteiger partial charge in [-0.2, -0.15) is 8.78 Å². The first-order valence-corrected chi connectivity index (χ1v) is 7.20. The third kappa shape index (κ3) is 5.54. The average Bonchev–Trinajstić information content (AvgIpc) is 2.61. The van der Waals surface area contributed by atoms with E-state index in [4.69, 9.17) is 4.74 Å². The Hall–Kier alpha value is -3.00. The molecular weight excluding hydrogens is 336 g/mol. The van der Waals surface area contributed by atoms with Crippen LogP contribution in [0.15, 0.2) is 54.6 Å². The summed E-state index contributed by atoms with van der Waals surface area (Å²) in [6, 6.07) is 13.6. The topological polar surface area (TPSA) is 84.9 Å². The minimum Gasteiger partial charge on any atom is -0.453 e. The molecule has 0 unspecified atom stereocenters. The largest absolute Gasteiger partial charge is 0.453 e. The van der Waals surface area contributed by atoms with Crippen LogP contribution in [0.25, 0.3) is 0 Å². The Labute approximate surface area is 142 Å². The second kappa shape index (κ2) is 8.74. The molecule has 2 N–H and O–H groups in total. The van der Waals surface area contributed by atoms with E-state index in [1.165, 1.54) is 36.4 Å². The summed E-state index contributed by atoms with van der Waals surface area (Å²) >= 11 is 0. The van der Waals surface area contributed by atoms with E-state index in [-0.39, 0.29) is 11.4 Å². The Balaban J connectivity index is 1.90. The minimum absolute atomic E-state index is 0.00690. The number of halogens is 2. The molecule has 0 fully saturated rings. The van der Waals surface area contributed by atoms with E-state index in [1.54, 1.807) is 18.2 Å². The maximum atomic E-state index is 12.3. The summed E-state index contributed by atoms with van der Waals surface area (Å²) in [6.45, 7) is -3.73. The number of hydrogen-bond donors (Lipinski definition) is 2. The van der Waals surface area contributed by atoms with E-state index < -0.39 is 31.2 Å². The van der Waals surface area contributed by atoms with Crippen molar-refractivity contribution in [3.05, 3.63) is 60.2 Å². The first-order valence-electron chi connectivity index (χ1n) is 7.20. The van der Waals surface area contributed by atoms with Crippen molar-refractivity contribution in [3.8, 4) is 5.75 Å². The van der Waals surface area contributed by atoms with Crippen LogP contribution in [0, 0.1) is 0 Å². The number of carbonyl (C=O) groups excluding carboxylic acids is 2. The number of aliphatic hydroxyl groups is 1. The molecule has 2 rings (SSSR count). The van der Waals surface area contributed by atoms with Crippen molar-refractivity contribution in [1.29, 1.82) is 0 Å². The highest BCUT2D eigenvalue weighted by molar-refractivity contribution is 5.94. The van der Waals surface area contributed by atoms with Crippen molar-refractivity contribution in [2.24, 2.45) is 0 Å². The summed E-state index contributed by atoms with van der Waals surface area (Å²) < 4.78 is 33.6. The molecule has 0 heterocycles. The smallest absolute Gasteiger partial charge is 0.387 e. The lowest BCUT2D eigenvalue weighted by atomic mass is 10.1. The highest BCUT2D eigenvalue weighted by Crippen LogP contribution is 2.25. The van der Waals surface area contributed by atoms with Crippen molar-refractivity contribution in [2.75, 3.05) is 11.9 Å². The highest BCUT2D eigenvalue weighted by atomic mass is 19.3. The number of anilines is 1. The number of para-hydroxylation sites is 2. The number of amides is 1. The zero-order valence-corrected chi connectivity index (χ0v) is 12.9. The molecule has 6 nitrogen and oxygen atoms in total. The Morgan fingerprint density at radius 3 is 2.36 bits per heavy atom. The number of alkyl halides is 2. The molecule has 0 aromatic heterocycles. The van der Waals surface area contributed by atoms with Crippen LogP contribution >= 0.6 is 0 Å². The maximum Gasteiger partial charge on any atom is 0.387 e. The van der Waals surface area contributed by atoms with Crippen LogP contribution in [0.2, 0.25) is 0 Å². The number of hydrogen-bond acceptors (Lipinski definition) is 5. The van der Waals surface area contributed by atoms with E-state index in [2.05, 4.69) is 10.1 Å².